The van der Waals surface area contributed by atoms with Crippen molar-refractivity contribution in [2.24, 2.45) is 0 Å². The number of amides is 1. The second-order valence-corrected chi connectivity index (χ2v) is 4.39. The smallest absolute Gasteiger partial charge is 0.464 e. The van der Waals surface area contributed by atoms with Crippen LogP contribution in [-0.2, 0) is 14.3 Å². The first-order valence-corrected chi connectivity index (χ1v) is 6.49. The minimum Gasteiger partial charge on any atom is -0.464 e. The second-order valence-electron chi connectivity index (χ2n) is 4.39. The number of carbonyl (C=O) groups excluding carboxylic acids is 2. The summed E-state index contributed by atoms with van der Waals surface area (Å²) in [5, 5.41) is 1.46. The molecule has 122 valence electrons. The van der Waals surface area contributed by atoms with Crippen molar-refractivity contribution in [2.75, 3.05) is 6.61 Å². The molecule has 0 heterocycles. The van der Waals surface area contributed by atoms with Gasteiger partial charge in [0.05, 0.1) is 6.61 Å². The molecule has 0 spiro atoms. The Morgan fingerprint density at radius 1 is 1.23 bits per heavy atom. The normalized spacial score (nSPS) is 14.0. The molecule has 22 heavy (non-hydrogen) atoms. The number of hydrogen-bond donors (Lipinski definition) is 1. The van der Waals surface area contributed by atoms with E-state index in [1.54, 1.807) is 18.2 Å². The summed E-state index contributed by atoms with van der Waals surface area (Å²) in [7, 11) is 0. The van der Waals surface area contributed by atoms with Gasteiger partial charge in [0.2, 0.25) is 0 Å². The van der Waals surface area contributed by atoms with Gasteiger partial charge in [-0.05, 0) is 12.5 Å². The first kappa shape index (κ1) is 17.9. The molecule has 0 aromatic heterocycles. The van der Waals surface area contributed by atoms with Gasteiger partial charge >= 0.3 is 18.1 Å². The van der Waals surface area contributed by atoms with Crippen LogP contribution in [-0.4, -0.2) is 30.7 Å². The second kappa shape index (κ2) is 7.77. The maximum Gasteiger partial charge on any atom is 0.471 e. The molecule has 1 aromatic rings. The summed E-state index contributed by atoms with van der Waals surface area (Å²) in [5.41, 5.74) is 0.193. The molecule has 0 radical (unpaired) electrons. The fraction of sp³-hybridized carbons (Fsp3) is 0.429. The van der Waals surface area contributed by atoms with Gasteiger partial charge in [0.1, 0.15) is 12.2 Å². The lowest BCUT2D eigenvalue weighted by Gasteiger charge is -2.20. The van der Waals surface area contributed by atoms with E-state index in [0.29, 0.717) is 0 Å². The minimum absolute atomic E-state index is 0.0977. The fourth-order valence-electron chi connectivity index (χ4n) is 1.70. The number of halogens is 4. The van der Waals surface area contributed by atoms with Crippen LogP contribution in [0.4, 0.5) is 17.6 Å². The Kier molecular flexibility index (Phi) is 6.33. The van der Waals surface area contributed by atoms with Crippen LogP contribution in [0.25, 0.3) is 0 Å². The van der Waals surface area contributed by atoms with E-state index in [1.165, 1.54) is 24.4 Å². The topological polar surface area (TPSA) is 55.4 Å². The zero-order valence-corrected chi connectivity index (χ0v) is 11.7. The number of esters is 1. The number of ether oxygens (including phenoxy) is 1. The Bertz CT molecular complexity index is 505. The maximum absolute atomic E-state index is 14.1. The quantitative estimate of drug-likeness (QED) is 0.647. The highest BCUT2D eigenvalue weighted by Gasteiger charge is 2.41. The van der Waals surface area contributed by atoms with E-state index < -0.39 is 36.7 Å². The minimum atomic E-state index is -5.16. The van der Waals surface area contributed by atoms with Gasteiger partial charge in [-0.3, -0.25) is 4.79 Å². The average Bonchev–Trinajstić information content (AvgIpc) is 2.46. The Balaban J connectivity index is 2.82. The highest BCUT2D eigenvalue weighted by atomic mass is 19.4. The lowest BCUT2D eigenvalue weighted by atomic mass is 10.0. The summed E-state index contributed by atoms with van der Waals surface area (Å²) >= 11 is 0. The van der Waals surface area contributed by atoms with Crippen molar-refractivity contribution in [2.45, 2.75) is 31.7 Å². The monoisotopic (exact) mass is 321 g/mol. The number of nitrogens with one attached hydrogen (secondary N) is 1. The predicted octanol–water partition coefficient (Wildman–Crippen LogP) is 2.70. The first-order chi connectivity index (χ1) is 10.3. The van der Waals surface area contributed by atoms with Gasteiger partial charge in [0, 0.05) is 6.42 Å². The number of alkyl halides is 4. The Morgan fingerprint density at radius 3 is 2.32 bits per heavy atom. The first-order valence-electron chi connectivity index (χ1n) is 6.49. The molecular formula is C14H15F4NO3. The SMILES string of the molecule is CCOC(=O)C(CC(F)c1ccccc1)NC(=O)C(F)(F)F. The summed E-state index contributed by atoms with van der Waals surface area (Å²) in [4.78, 5) is 22.5. The maximum atomic E-state index is 14.1. The summed E-state index contributed by atoms with van der Waals surface area (Å²) in [6.45, 7) is 1.35. The van der Waals surface area contributed by atoms with Crippen LogP contribution in [0.5, 0.6) is 0 Å². The van der Waals surface area contributed by atoms with Crippen molar-refractivity contribution in [1.82, 2.24) is 5.32 Å². The van der Waals surface area contributed by atoms with Crippen LogP contribution >= 0.6 is 0 Å². The molecule has 1 aromatic carbocycles. The molecule has 2 atom stereocenters. The third kappa shape index (κ3) is 5.34. The summed E-state index contributed by atoms with van der Waals surface area (Å²) < 4.78 is 55.4. The van der Waals surface area contributed by atoms with Gasteiger partial charge in [0.25, 0.3) is 0 Å². The molecule has 1 rings (SSSR count). The van der Waals surface area contributed by atoms with Gasteiger partial charge in [-0.2, -0.15) is 13.2 Å². The van der Waals surface area contributed by atoms with Crippen LogP contribution in [0.1, 0.15) is 25.1 Å². The van der Waals surface area contributed by atoms with Gasteiger partial charge in [0.15, 0.2) is 0 Å². The molecule has 1 amide bonds. The van der Waals surface area contributed by atoms with Crippen molar-refractivity contribution in [3.63, 3.8) is 0 Å². The van der Waals surface area contributed by atoms with Gasteiger partial charge in [-0.25, -0.2) is 9.18 Å². The third-order valence-corrected chi connectivity index (χ3v) is 2.74. The number of benzene rings is 1. The van der Waals surface area contributed by atoms with E-state index in [0.717, 1.165) is 0 Å². The van der Waals surface area contributed by atoms with Gasteiger partial charge in [-0.15, -0.1) is 0 Å². The Hall–Kier alpha value is -2.12. The van der Waals surface area contributed by atoms with Gasteiger partial charge in [-0.1, -0.05) is 30.3 Å². The largest absolute Gasteiger partial charge is 0.471 e. The molecular weight excluding hydrogens is 306 g/mol. The van der Waals surface area contributed by atoms with E-state index in [-0.39, 0.29) is 12.2 Å². The zero-order chi connectivity index (χ0) is 16.8. The van der Waals surface area contributed by atoms with Crippen molar-refractivity contribution < 1.29 is 31.9 Å². The fourth-order valence-corrected chi connectivity index (χ4v) is 1.70. The Labute approximate surface area is 124 Å². The lowest BCUT2D eigenvalue weighted by molar-refractivity contribution is -0.176. The molecule has 0 aliphatic rings. The Morgan fingerprint density at radius 2 is 1.82 bits per heavy atom. The van der Waals surface area contributed by atoms with E-state index in [4.69, 9.17) is 0 Å². The summed E-state index contributed by atoms with van der Waals surface area (Å²) in [5.74, 6) is -3.43. The molecule has 0 aliphatic heterocycles. The summed E-state index contributed by atoms with van der Waals surface area (Å²) in [6.07, 6.45) is -7.53. The molecule has 0 aliphatic carbocycles. The van der Waals surface area contributed by atoms with E-state index in [1.807, 2.05) is 0 Å². The lowest BCUT2D eigenvalue weighted by Crippen LogP contribution is -2.47. The van der Waals surface area contributed by atoms with Gasteiger partial charge < -0.3 is 10.1 Å². The molecule has 0 saturated carbocycles. The van der Waals surface area contributed by atoms with Crippen LogP contribution in [0, 0.1) is 0 Å². The average molecular weight is 321 g/mol. The van der Waals surface area contributed by atoms with Crippen LogP contribution in [0.3, 0.4) is 0 Å². The molecule has 0 saturated heterocycles. The van der Waals surface area contributed by atoms with Crippen molar-refractivity contribution in [1.29, 1.82) is 0 Å². The standard InChI is InChI=1S/C14H15F4NO3/c1-2-22-12(20)11(19-13(21)14(16,17)18)8-10(15)9-6-4-3-5-7-9/h3-7,10-11H,2,8H2,1H3,(H,19,21). The van der Waals surface area contributed by atoms with E-state index in [9.17, 15) is 27.2 Å². The van der Waals surface area contributed by atoms with E-state index >= 15 is 0 Å². The van der Waals surface area contributed by atoms with Crippen LogP contribution < -0.4 is 5.32 Å². The zero-order valence-electron chi connectivity index (χ0n) is 11.7. The van der Waals surface area contributed by atoms with Crippen LogP contribution in [0.15, 0.2) is 30.3 Å². The number of rotatable bonds is 6. The van der Waals surface area contributed by atoms with E-state index in [2.05, 4.69) is 4.74 Å². The van der Waals surface area contributed by atoms with Crippen LogP contribution in [0.2, 0.25) is 0 Å². The third-order valence-electron chi connectivity index (χ3n) is 2.74. The number of carbonyl (C=O) groups is 2. The number of hydrogen-bond acceptors (Lipinski definition) is 3. The predicted molar refractivity (Wildman–Crippen MR) is 69.5 cm³/mol. The highest BCUT2D eigenvalue weighted by Crippen LogP contribution is 2.24. The highest BCUT2D eigenvalue weighted by molar-refractivity contribution is 5.87. The molecule has 0 fully saturated rings. The molecule has 8 heteroatoms. The van der Waals surface area contributed by atoms with Crippen molar-refractivity contribution in [3.05, 3.63) is 35.9 Å². The van der Waals surface area contributed by atoms with Crippen molar-refractivity contribution >= 4 is 11.9 Å². The summed E-state index contributed by atoms with van der Waals surface area (Å²) in [6, 6.07) is 5.89. The van der Waals surface area contributed by atoms with Crippen molar-refractivity contribution in [3.8, 4) is 0 Å². The molecule has 2 unspecified atom stereocenters. The molecule has 1 N–H and O–H groups in total. The molecule has 0 bridgehead atoms. The molecule has 4 nitrogen and oxygen atoms in total.